The lowest BCUT2D eigenvalue weighted by Gasteiger charge is -2.26. The molecule has 0 radical (unpaired) electrons. The van der Waals surface area contributed by atoms with Crippen molar-refractivity contribution in [2.24, 2.45) is 5.73 Å². The summed E-state index contributed by atoms with van der Waals surface area (Å²) in [4.78, 5) is 13.5. The lowest BCUT2D eigenvalue weighted by atomic mass is 10.2. The summed E-state index contributed by atoms with van der Waals surface area (Å²) in [5.74, 6) is 0.218. The minimum atomic E-state index is 0.218. The monoisotopic (exact) mass is 170 g/mol. The van der Waals surface area contributed by atoms with Crippen molar-refractivity contribution in [3.05, 3.63) is 0 Å². The van der Waals surface area contributed by atoms with Crippen molar-refractivity contribution in [1.29, 1.82) is 0 Å². The molecule has 1 heterocycles. The molecule has 2 atom stereocenters. The van der Waals surface area contributed by atoms with Gasteiger partial charge in [0.15, 0.2) is 0 Å². The van der Waals surface area contributed by atoms with E-state index in [9.17, 15) is 4.79 Å². The third kappa shape index (κ3) is 1.78. The first kappa shape index (κ1) is 9.52. The molecule has 1 fully saturated rings. The number of likely N-dealkylation sites (tertiary alicyclic amines) is 1. The zero-order valence-electron chi connectivity index (χ0n) is 7.92. The number of amides is 1. The van der Waals surface area contributed by atoms with Crippen LogP contribution in [0.2, 0.25) is 0 Å². The van der Waals surface area contributed by atoms with E-state index in [1.54, 1.807) is 0 Å². The first-order chi connectivity index (χ1) is 5.66. The molecule has 0 unspecified atom stereocenters. The second-order valence-electron chi connectivity index (χ2n) is 3.62. The Kier molecular flexibility index (Phi) is 3.09. The predicted octanol–water partition coefficient (Wildman–Crippen LogP) is 0.735. The number of hydrogen-bond acceptors (Lipinski definition) is 2. The van der Waals surface area contributed by atoms with E-state index in [0.717, 1.165) is 12.8 Å². The third-order valence-corrected chi connectivity index (χ3v) is 2.60. The van der Waals surface area contributed by atoms with Gasteiger partial charge in [0, 0.05) is 25.0 Å². The van der Waals surface area contributed by atoms with Crippen LogP contribution in [-0.4, -0.2) is 29.4 Å². The van der Waals surface area contributed by atoms with Gasteiger partial charge in [0.05, 0.1) is 0 Å². The summed E-state index contributed by atoms with van der Waals surface area (Å²) in [5, 5.41) is 0. The van der Waals surface area contributed by atoms with Crippen LogP contribution in [-0.2, 0) is 4.79 Å². The number of hydrogen-bond donors (Lipinski definition) is 1. The highest BCUT2D eigenvalue weighted by molar-refractivity contribution is 5.77. The molecule has 0 spiro atoms. The highest BCUT2D eigenvalue weighted by atomic mass is 16.2. The quantitative estimate of drug-likeness (QED) is 0.664. The fourth-order valence-electron chi connectivity index (χ4n) is 1.94. The molecule has 0 bridgehead atoms. The van der Waals surface area contributed by atoms with Crippen LogP contribution in [0.25, 0.3) is 0 Å². The Morgan fingerprint density at radius 2 is 1.92 bits per heavy atom. The lowest BCUT2D eigenvalue weighted by Crippen LogP contribution is -2.39. The van der Waals surface area contributed by atoms with Crippen LogP contribution < -0.4 is 5.73 Å². The summed E-state index contributed by atoms with van der Waals surface area (Å²) in [6.07, 6.45) is 2.77. The van der Waals surface area contributed by atoms with E-state index >= 15 is 0 Å². The average molecular weight is 170 g/mol. The van der Waals surface area contributed by atoms with E-state index in [-0.39, 0.29) is 5.91 Å². The number of carbonyl (C=O) groups is 1. The maximum absolute atomic E-state index is 11.5. The van der Waals surface area contributed by atoms with Crippen LogP contribution in [0.4, 0.5) is 0 Å². The van der Waals surface area contributed by atoms with E-state index in [1.807, 2.05) is 4.90 Å². The van der Waals surface area contributed by atoms with Gasteiger partial charge in [0.2, 0.25) is 5.91 Å². The van der Waals surface area contributed by atoms with Crippen LogP contribution in [0.1, 0.15) is 33.1 Å². The van der Waals surface area contributed by atoms with Gasteiger partial charge in [0.25, 0.3) is 0 Å². The lowest BCUT2D eigenvalue weighted by molar-refractivity contribution is -0.133. The normalized spacial score (nSPS) is 29.4. The minimum Gasteiger partial charge on any atom is -0.337 e. The summed E-state index contributed by atoms with van der Waals surface area (Å²) in [5.41, 5.74) is 5.34. The molecule has 0 aromatic heterocycles. The molecule has 1 aliphatic heterocycles. The maximum atomic E-state index is 11.5. The molecule has 0 aromatic rings. The van der Waals surface area contributed by atoms with Crippen molar-refractivity contribution >= 4 is 5.91 Å². The zero-order chi connectivity index (χ0) is 9.14. The molecule has 1 amide bonds. The Balaban J connectivity index is 2.53. The Bertz CT molecular complexity index is 160. The van der Waals surface area contributed by atoms with E-state index in [4.69, 9.17) is 5.73 Å². The molecular weight excluding hydrogens is 152 g/mol. The standard InChI is InChI=1S/C9H18N2O/c1-7-3-4-8(2)11(7)9(12)5-6-10/h7-8H,3-6,10H2,1-2H3/t7-,8-/m0/s1. The highest BCUT2D eigenvalue weighted by Gasteiger charge is 2.30. The van der Waals surface area contributed by atoms with Gasteiger partial charge in [-0.05, 0) is 26.7 Å². The number of carbonyl (C=O) groups excluding carboxylic acids is 1. The van der Waals surface area contributed by atoms with Crippen molar-refractivity contribution < 1.29 is 4.79 Å². The molecule has 1 aliphatic rings. The first-order valence-electron chi connectivity index (χ1n) is 4.68. The predicted molar refractivity (Wildman–Crippen MR) is 48.7 cm³/mol. The number of nitrogens with zero attached hydrogens (tertiary/aromatic N) is 1. The van der Waals surface area contributed by atoms with Gasteiger partial charge < -0.3 is 10.6 Å². The SMILES string of the molecule is C[C@H]1CC[C@H](C)N1C(=O)CCN. The second kappa shape index (κ2) is 3.90. The fourth-order valence-corrected chi connectivity index (χ4v) is 1.94. The molecule has 0 aromatic carbocycles. The summed E-state index contributed by atoms with van der Waals surface area (Å²) in [7, 11) is 0. The summed E-state index contributed by atoms with van der Waals surface area (Å²) >= 11 is 0. The maximum Gasteiger partial charge on any atom is 0.224 e. The Hall–Kier alpha value is -0.570. The molecule has 2 N–H and O–H groups in total. The van der Waals surface area contributed by atoms with Crippen molar-refractivity contribution in [3.63, 3.8) is 0 Å². The van der Waals surface area contributed by atoms with Crippen molar-refractivity contribution in [2.45, 2.75) is 45.2 Å². The Morgan fingerprint density at radius 3 is 2.33 bits per heavy atom. The topological polar surface area (TPSA) is 46.3 Å². The second-order valence-corrected chi connectivity index (χ2v) is 3.62. The highest BCUT2D eigenvalue weighted by Crippen LogP contribution is 2.23. The van der Waals surface area contributed by atoms with E-state index in [2.05, 4.69) is 13.8 Å². The van der Waals surface area contributed by atoms with Gasteiger partial charge in [-0.3, -0.25) is 4.79 Å². The van der Waals surface area contributed by atoms with Crippen LogP contribution in [0.15, 0.2) is 0 Å². The zero-order valence-corrected chi connectivity index (χ0v) is 7.92. The van der Waals surface area contributed by atoms with Crippen LogP contribution in [0.5, 0.6) is 0 Å². The van der Waals surface area contributed by atoms with Crippen molar-refractivity contribution in [1.82, 2.24) is 4.90 Å². The van der Waals surface area contributed by atoms with Crippen molar-refractivity contribution in [3.8, 4) is 0 Å². The van der Waals surface area contributed by atoms with Gasteiger partial charge in [-0.25, -0.2) is 0 Å². The van der Waals surface area contributed by atoms with E-state index in [1.165, 1.54) is 0 Å². The molecule has 70 valence electrons. The molecule has 0 aliphatic carbocycles. The summed E-state index contributed by atoms with van der Waals surface area (Å²) < 4.78 is 0. The summed E-state index contributed by atoms with van der Waals surface area (Å²) in [6, 6.07) is 0.832. The summed E-state index contributed by atoms with van der Waals surface area (Å²) in [6.45, 7) is 4.69. The molecule has 1 rings (SSSR count). The Morgan fingerprint density at radius 1 is 1.42 bits per heavy atom. The molecule has 0 saturated carbocycles. The molecule has 3 heteroatoms. The molecule has 3 nitrogen and oxygen atoms in total. The van der Waals surface area contributed by atoms with E-state index in [0.29, 0.717) is 25.0 Å². The Labute approximate surface area is 73.9 Å². The molecular formula is C9H18N2O. The van der Waals surface area contributed by atoms with Gasteiger partial charge in [-0.1, -0.05) is 0 Å². The average Bonchev–Trinajstić information content (AvgIpc) is 2.32. The van der Waals surface area contributed by atoms with Gasteiger partial charge in [-0.15, -0.1) is 0 Å². The third-order valence-electron chi connectivity index (χ3n) is 2.60. The van der Waals surface area contributed by atoms with Crippen LogP contribution in [0, 0.1) is 0 Å². The fraction of sp³-hybridized carbons (Fsp3) is 0.889. The smallest absolute Gasteiger partial charge is 0.224 e. The minimum absolute atomic E-state index is 0.218. The van der Waals surface area contributed by atoms with Gasteiger partial charge >= 0.3 is 0 Å². The van der Waals surface area contributed by atoms with Gasteiger partial charge in [0.1, 0.15) is 0 Å². The molecule has 1 saturated heterocycles. The van der Waals surface area contributed by atoms with E-state index < -0.39 is 0 Å². The number of nitrogens with two attached hydrogens (primary N) is 1. The first-order valence-corrected chi connectivity index (χ1v) is 4.68. The van der Waals surface area contributed by atoms with Crippen LogP contribution in [0.3, 0.4) is 0 Å². The molecule has 12 heavy (non-hydrogen) atoms. The number of rotatable bonds is 2. The van der Waals surface area contributed by atoms with Crippen LogP contribution >= 0.6 is 0 Å². The van der Waals surface area contributed by atoms with Gasteiger partial charge in [-0.2, -0.15) is 0 Å². The van der Waals surface area contributed by atoms with Crippen molar-refractivity contribution in [2.75, 3.05) is 6.54 Å². The largest absolute Gasteiger partial charge is 0.337 e.